The lowest BCUT2D eigenvalue weighted by Gasteiger charge is -2.17. The molecule has 0 aliphatic carbocycles. The summed E-state index contributed by atoms with van der Waals surface area (Å²) in [4.78, 5) is 35.7. The van der Waals surface area contributed by atoms with Crippen molar-refractivity contribution in [3.63, 3.8) is 0 Å². The highest BCUT2D eigenvalue weighted by atomic mass is 16.4. The summed E-state index contributed by atoms with van der Waals surface area (Å²) in [5, 5.41) is 21.7. The van der Waals surface area contributed by atoms with Gasteiger partial charge in [-0.05, 0) is 36.8 Å². The minimum Gasteiger partial charge on any atom is -0.481 e. The van der Waals surface area contributed by atoms with Crippen molar-refractivity contribution in [3.8, 4) is 0 Å². The highest BCUT2D eigenvalue weighted by Gasteiger charge is 2.23. The molecule has 1 atom stereocenters. The van der Waals surface area contributed by atoms with E-state index in [1.165, 1.54) is 0 Å². The van der Waals surface area contributed by atoms with E-state index in [4.69, 9.17) is 16.2 Å². The highest BCUT2D eigenvalue weighted by molar-refractivity contribution is 5.94. The maximum atomic E-state index is 12.4. The molecule has 0 bridgehead atoms. The molecule has 8 heteroatoms. The van der Waals surface area contributed by atoms with E-state index in [-0.39, 0.29) is 18.2 Å². The van der Waals surface area contributed by atoms with Gasteiger partial charge in [0.25, 0.3) is 0 Å². The number of rotatable bonds is 13. The molecule has 0 saturated heterocycles. The first-order chi connectivity index (χ1) is 15.3. The molecule has 0 unspecified atom stereocenters. The molecule has 0 aliphatic rings. The van der Waals surface area contributed by atoms with Crippen molar-refractivity contribution in [2.75, 3.05) is 6.54 Å². The second-order valence-electron chi connectivity index (χ2n) is 7.56. The van der Waals surface area contributed by atoms with E-state index < -0.39 is 24.3 Å². The molecule has 0 heterocycles. The first-order valence-corrected chi connectivity index (χ1v) is 10.6. The Balaban J connectivity index is 1.74. The number of benzene rings is 2. The van der Waals surface area contributed by atoms with Gasteiger partial charge in [-0.3, -0.25) is 19.8 Å². The van der Waals surface area contributed by atoms with E-state index >= 15 is 0 Å². The number of unbranched alkanes of at least 4 members (excludes halogenated alkanes) is 1. The third-order valence-corrected chi connectivity index (χ3v) is 4.97. The number of carbonyl (C=O) groups is 3. The van der Waals surface area contributed by atoms with Crippen LogP contribution in [0.4, 0.5) is 0 Å². The fraction of sp³-hybridized carbons (Fsp3) is 0.333. The number of carboxylic acids is 1. The van der Waals surface area contributed by atoms with Crippen molar-refractivity contribution in [3.05, 3.63) is 71.3 Å². The predicted octanol–water partition coefficient (Wildman–Crippen LogP) is 2.00. The lowest BCUT2D eigenvalue weighted by atomic mass is 10.0. The average Bonchev–Trinajstić information content (AvgIpc) is 2.77. The molecule has 2 amide bonds. The molecule has 170 valence electrons. The van der Waals surface area contributed by atoms with Crippen molar-refractivity contribution >= 4 is 23.6 Å². The van der Waals surface area contributed by atoms with Gasteiger partial charge >= 0.3 is 5.97 Å². The van der Waals surface area contributed by atoms with Gasteiger partial charge in [0.05, 0.1) is 6.42 Å². The number of nitrogens with two attached hydrogens (primary N) is 1. The zero-order valence-electron chi connectivity index (χ0n) is 18.0. The third-order valence-electron chi connectivity index (χ3n) is 4.97. The van der Waals surface area contributed by atoms with E-state index in [1.54, 1.807) is 12.1 Å². The lowest BCUT2D eigenvalue weighted by Crippen LogP contribution is -2.48. The van der Waals surface area contributed by atoms with Gasteiger partial charge in [-0.2, -0.15) is 0 Å². The number of nitrogens with one attached hydrogen (secondary N) is 3. The van der Waals surface area contributed by atoms with Gasteiger partial charge in [-0.1, -0.05) is 54.6 Å². The van der Waals surface area contributed by atoms with Crippen molar-refractivity contribution in [2.24, 2.45) is 5.73 Å². The number of amides is 2. The van der Waals surface area contributed by atoms with Gasteiger partial charge in [-0.25, -0.2) is 0 Å². The summed E-state index contributed by atoms with van der Waals surface area (Å²) < 4.78 is 0. The van der Waals surface area contributed by atoms with Crippen LogP contribution in [0.15, 0.2) is 54.6 Å². The number of carbonyl (C=O) groups excluding carboxylic acids is 2. The lowest BCUT2D eigenvalue weighted by molar-refractivity contribution is -0.140. The summed E-state index contributed by atoms with van der Waals surface area (Å²) >= 11 is 0. The third kappa shape index (κ3) is 8.99. The Bertz CT molecular complexity index is 913. The van der Waals surface area contributed by atoms with Crippen LogP contribution in [0.25, 0.3) is 0 Å². The smallest absolute Gasteiger partial charge is 0.305 e. The van der Waals surface area contributed by atoms with Crippen molar-refractivity contribution in [1.29, 1.82) is 5.41 Å². The highest BCUT2D eigenvalue weighted by Crippen LogP contribution is 2.09. The quantitative estimate of drug-likeness (QED) is 0.184. The zero-order valence-corrected chi connectivity index (χ0v) is 18.0. The molecule has 0 aromatic heterocycles. The molecule has 0 aliphatic heterocycles. The average molecular weight is 439 g/mol. The van der Waals surface area contributed by atoms with E-state index in [0.717, 1.165) is 24.0 Å². The Kier molecular flexibility index (Phi) is 9.90. The maximum Gasteiger partial charge on any atom is 0.305 e. The number of amidine groups is 1. The van der Waals surface area contributed by atoms with Crippen LogP contribution in [0, 0.1) is 5.41 Å². The Hall–Kier alpha value is -3.68. The summed E-state index contributed by atoms with van der Waals surface area (Å²) in [5.74, 6) is -1.97. The second-order valence-corrected chi connectivity index (χ2v) is 7.56. The molecule has 2 rings (SSSR count). The summed E-state index contributed by atoms with van der Waals surface area (Å²) in [6.45, 7) is 0.358. The maximum absolute atomic E-state index is 12.4. The van der Waals surface area contributed by atoms with Gasteiger partial charge in [0.2, 0.25) is 11.8 Å². The summed E-state index contributed by atoms with van der Waals surface area (Å²) in [5.41, 5.74) is 8.24. The van der Waals surface area contributed by atoms with E-state index in [0.29, 0.717) is 24.9 Å². The Morgan fingerprint density at radius 2 is 1.59 bits per heavy atom. The standard InChI is InChI=1S/C24H30N4O4/c25-23(26)19-12-10-18(11-13-19)8-4-5-9-21(29)28-20(16-22(30)31)24(32)27-15-14-17-6-2-1-3-7-17/h1-3,6-7,10-13,20H,4-5,8-9,14-16H2,(H3,25,26)(H,27,32)(H,28,29)(H,30,31)/t20-/m0/s1. The number of hydrogen-bond acceptors (Lipinski definition) is 4. The monoisotopic (exact) mass is 438 g/mol. The molecular weight excluding hydrogens is 408 g/mol. The van der Waals surface area contributed by atoms with Crippen LogP contribution >= 0.6 is 0 Å². The fourth-order valence-corrected chi connectivity index (χ4v) is 3.21. The largest absolute Gasteiger partial charge is 0.481 e. The fourth-order valence-electron chi connectivity index (χ4n) is 3.21. The molecule has 32 heavy (non-hydrogen) atoms. The van der Waals surface area contributed by atoms with Crippen LogP contribution < -0.4 is 16.4 Å². The van der Waals surface area contributed by atoms with Crippen LogP contribution in [0.3, 0.4) is 0 Å². The van der Waals surface area contributed by atoms with Crippen LogP contribution in [-0.4, -0.2) is 41.3 Å². The number of carboxylic acid groups (broad SMARTS) is 1. The molecule has 0 saturated carbocycles. The second kappa shape index (κ2) is 12.9. The number of aliphatic carboxylic acids is 1. The van der Waals surface area contributed by atoms with Crippen LogP contribution in [0.2, 0.25) is 0 Å². The Labute approximate surface area is 187 Å². The van der Waals surface area contributed by atoms with Crippen LogP contribution in [0.5, 0.6) is 0 Å². The summed E-state index contributed by atoms with van der Waals surface area (Å²) in [6, 6.07) is 15.9. The first kappa shape index (κ1) is 24.6. The minimum atomic E-state index is -1.15. The van der Waals surface area contributed by atoms with Crippen molar-refractivity contribution in [1.82, 2.24) is 10.6 Å². The van der Waals surface area contributed by atoms with Gasteiger partial charge in [0.1, 0.15) is 11.9 Å². The number of aryl methyl sites for hydroxylation is 1. The molecule has 2 aromatic carbocycles. The normalized spacial score (nSPS) is 11.4. The van der Waals surface area contributed by atoms with Crippen molar-refractivity contribution in [2.45, 2.75) is 44.6 Å². The molecule has 2 aromatic rings. The van der Waals surface area contributed by atoms with Crippen LogP contribution in [0.1, 0.15) is 42.4 Å². The number of hydrogen-bond donors (Lipinski definition) is 5. The Morgan fingerprint density at radius 1 is 0.938 bits per heavy atom. The minimum absolute atomic E-state index is 0.0215. The molecular formula is C24H30N4O4. The summed E-state index contributed by atoms with van der Waals surface area (Å²) in [6.07, 6.45) is 2.50. The topological polar surface area (TPSA) is 145 Å². The van der Waals surface area contributed by atoms with Crippen LogP contribution in [-0.2, 0) is 27.2 Å². The van der Waals surface area contributed by atoms with Gasteiger partial charge in [-0.15, -0.1) is 0 Å². The molecule has 8 nitrogen and oxygen atoms in total. The molecule has 0 spiro atoms. The Morgan fingerprint density at radius 3 is 2.22 bits per heavy atom. The summed E-state index contributed by atoms with van der Waals surface area (Å²) in [7, 11) is 0. The van der Waals surface area contributed by atoms with E-state index in [1.807, 2.05) is 42.5 Å². The first-order valence-electron chi connectivity index (χ1n) is 10.6. The predicted molar refractivity (Wildman–Crippen MR) is 122 cm³/mol. The number of nitrogen functional groups attached to an aromatic ring is 1. The zero-order chi connectivity index (χ0) is 23.3. The molecule has 0 radical (unpaired) electrons. The SMILES string of the molecule is N=C(N)c1ccc(CCCCC(=O)N[C@@H](CC(=O)O)C(=O)NCCc2ccccc2)cc1. The van der Waals surface area contributed by atoms with Gasteiger partial charge < -0.3 is 21.5 Å². The molecule has 6 N–H and O–H groups in total. The van der Waals surface area contributed by atoms with E-state index in [9.17, 15) is 14.4 Å². The van der Waals surface area contributed by atoms with E-state index in [2.05, 4.69) is 10.6 Å². The molecule has 0 fully saturated rings. The van der Waals surface area contributed by atoms with Gasteiger partial charge in [0.15, 0.2) is 0 Å². The van der Waals surface area contributed by atoms with Crippen molar-refractivity contribution < 1.29 is 19.5 Å². The van der Waals surface area contributed by atoms with Gasteiger partial charge in [0, 0.05) is 18.5 Å².